The molecule has 2 aliphatic heterocycles. The zero-order valence-electron chi connectivity index (χ0n) is 13.7. The van der Waals surface area contributed by atoms with Gasteiger partial charge in [0.15, 0.2) is 0 Å². The Morgan fingerprint density at radius 2 is 2.08 bits per heavy atom. The molecule has 2 aromatic carbocycles. The number of aryl methyl sites for hydroxylation is 2. The molecule has 24 heavy (non-hydrogen) atoms. The van der Waals surface area contributed by atoms with Crippen molar-refractivity contribution in [1.29, 1.82) is 0 Å². The summed E-state index contributed by atoms with van der Waals surface area (Å²) in [4.78, 5) is 0. The summed E-state index contributed by atoms with van der Waals surface area (Å²) in [6.07, 6.45) is 2.25. The van der Waals surface area contributed by atoms with Crippen LogP contribution in [-0.2, 0) is 25.9 Å². The van der Waals surface area contributed by atoms with Crippen LogP contribution in [0.3, 0.4) is 0 Å². The van der Waals surface area contributed by atoms with Crippen molar-refractivity contribution < 1.29 is 4.74 Å². The molecule has 4 heteroatoms. The average Bonchev–Trinajstić information content (AvgIpc) is 3.18. The van der Waals surface area contributed by atoms with E-state index in [-0.39, 0.29) is 0 Å². The van der Waals surface area contributed by atoms with E-state index in [1.54, 1.807) is 7.11 Å². The monoisotopic (exact) mass is 338 g/mol. The standard InChI is InChI=1S/C20H19ClN2O/c1-24-14-2-3-15(18(21)10-14)13-8-12-5-7-23-19-4-6-22-11-17(19)16(9-13)20(12)23/h2-3,8-10,22H,4-7,11H2,1H3. The van der Waals surface area contributed by atoms with Gasteiger partial charge in [-0.1, -0.05) is 11.6 Å². The molecule has 0 bridgehead atoms. The number of methoxy groups -OCH3 is 1. The van der Waals surface area contributed by atoms with Gasteiger partial charge in [-0.3, -0.25) is 0 Å². The van der Waals surface area contributed by atoms with Crippen LogP contribution in [0, 0.1) is 0 Å². The smallest absolute Gasteiger partial charge is 0.120 e. The van der Waals surface area contributed by atoms with Gasteiger partial charge in [0.25, 0.3) is 0 Å². The fourth-order valence-corrected chi connectivity index (χ4v) is 4.56. The molecule has 1 N–H and O–H groups in total. The van der Waals surface area contributed by atoms with Crippen molar-refractivity contribution in [2.45, 2.75) is 25.9 Å². The molecular weight excluding hydrogens is 320 g/mol. The van der Waals surface area contributed by atoms with Crippen LogP contribution in [0.4, 0.5) is 0 Å². The normalized spacial score (nSPS) is 15.8. The van der Waals surface area contributed by atoms with E-state index in [0.29, 0.717) is 0 Å². The second-order valence-corrected chi connectivity index (χ2v) is 7.04. The molecule has 0 saturated carbocycles. The minimum atomic E-state index is 0.741. The van der Waals surface area contributed by atoms with Crippen LogP contribution in [-0.4, -0.2) is 18.2 Å². The Morgan fingerprint density at radius 1 is 1.17 bits per heavy atom. The summed E-state index contributed by atoms with van der Waals surface area (Å²) in [5, 5.41) is 5.66. The highest BCUT2D eigenvalue weighted by molar-refractivity contribution is 6.33. The lowest BCUT2D eigenvalue weighted by Gasteiger charge is -2.16. The second kappa shape index (κ2) is 5.27. The average molecular weight is 339 g/mol. The number of fused-ring (bicyclic) bond motifs is 3. The van der Waals surface area contributed by atoms with Gasteiger partial charge < -0.3 is 14.6 Å². The van der Waals surface area contributed by atoms with Crippen LogP contribution >= 0.6 is 11.6 Å². The van der Waals surface area contributed by atoms with Crippen molar-refractivity contribution in [1.82, 2.24) is 9.88 Å². The van der Waals surface area contributed by atoms with Crippen LogP contribution < -0.4 is 10.1 Å². The maximum atomic E-state index is 6.52. The lowest BCUT2D eigenvalue weighted by molar-refractivity contribution is 0.415. The molecule has 1 aromatic heterocycles. The van der Waals surface area contributed by atoms with E-state index in [1.165, 1.54) is 33.3 Å². The van der Waals surface area contributed by atoms with E-state index in [2.05, 4.69) is 28.1 Å². The van der Waals surface area contributed by atoms with E-state index in [0.717, 1.165) is 48.8 Å². The first-order chi connectivity index (χ1) is 11.8. The molecule has 0 amide bonds. The molecule has 0 unspecified atom stereocenters. The van der Waals surface area contributed by atoms with Gasteiger partial charge in [-0.05, 0) is 53.4 Å². The summed E-state index contributed by atoms with van der Waals surface area (Å²) >= 11 is 6.52. The molecule has 5 rings (SSSR count). The number of hydrogen-bond acceptors (Lipinski definition) is 2. The molecule has 0 spiro atoms. The minimum Gasteiger partial charge on any atom is -0.497 e. The van der Waals surface area contributed by atoms with Gasteiger partial charge in [0.1, 0.15) is 5.75 Å². The molecule has 0 atom stereocenters. The Hall–Kier alpha value is -1.97. The lowest BCUT2D eigenvalue weighted by Crippen LogP contribution is -2.24. The Bertz CT molecular complexity index is 974. The van der Waals surface area contributed by atoms with Crippen molar-refractivity contribution in [3.05, 3.63) is 52.2 Å². The van der Waals surface area contributed by atoms with Gasteiger partial charge >= 0.3 is 0 Å². The van der Waals surface area contributed by atoms with Gasteiger partial charge in [0.2, 0.25) is 0 Å². The highest BCUT2D eigenvalue weighted by Gasteiger charge is 2.26. The van der Waals surface area contributed by atoms with Crippen molar-refractivity contribution in [3.8, 4) is 16.9 Å². The maximum absolute atomic E-state index is 6.52. The van der Waals surface area contributed by atoms with Gasteiger partial charge in [-0.15, -0.1) is 0 Å². The summed E-state index contributed by atoms with van der Waals surface area (Å²) in [6, 6.07) is 10.6. The second-order valence-electron chi connectivity index (χ2n) is 6.63. The topological polar surface area (TPSA) is 26.2 Å². The van der Waals surface area contributed by atoms with Crippen LogP contribution in [0.25, 0.3) is 22.0 Å². The van der Waals surface area contributed by atoms with E-state index >= 15 is 0 Å². The number of halogens is 1. The lowest BCUT2D eigenvalue weighted by atomic mass is 9.96. The first kappa shape index (κ1) is 14.4. The highest BCUT2D eigenvalue weighted by atomic mass is 35.5. The first-order valence-electron chi connectivity index (χ1n) is 8.48. The fraction of sp³-hybridized carbons (Fsp3) is 0.300. The third kappa shape index (κ3) is 1.95. The Labute approximate surface area is 146 Å². The number of nitrogens with zero attached hydrogens (tertiary/aromatic N) is 1. The fourth-order valence-electron chi connectivity index (χ4n) is 4.28. The minimum absolute atomic E-state index is 0.741. The Balaban J connectivity index is 1.75. The molecular formula is C20H19ClN2O. The number of rotatable bonds is 2. The molecule has 0 fully saturated rings. The number of aromatic nitrogens is 1. The highest BCUT2D eigenvalue weighted by Crippen LogP contribution is 2.40. The number of hydrogen-bond donors (Lipinski definition) is 1. The number of ether oxygens (including phenoxy) is 1. The zero-order valence-corrected chi connectivity index (χ0v) is 14.4. The van der Waals surface area contributed by atoms with Crippen LogP contribution in [0.1, 0.15) is 16.8 Å². The molecule has 3 aromatic rings. The third-order valence-electron chi connectivity index (χ3n) is 5.39. The Kier molecular flexibility index (Phi) is 3.15. The summed E-state index contributed by atoms with van der Waals surface area (Å²) in [7, 11) is 1.67. The number of nitrogens with one attached hydrogen (secondary N) is 1. The molecule has 3 nitrogen and oxygen atoms in total. The van der Waals surface area contributed by atoms with E-state index in [1.807, 2.05) is 12.1 Å². The quantitative estimate of drug-likeness (QED) is 0.759. The largest absolute Gasteiger partial charge is 0.497 e. The van der Waals surface area contributed by atoms with Crippen molar-refractivity contribution in [2.24, 2.45) is 0 Å². The van der Waals surface area contributed by atoms with Crippen LogP contribution in [0.5, 0.6) is 5.75 Å². The molecule has 122 valence electrons. The third-order valence-corrected chi connectivity index (χ3v) is 5.70. The van der Waals surface area contributed by atoms with Crippen LogP contribution in [0.15, 0.2) is 30.3 Å². The molecule has 0 aliphatic carbocycles. The Morgan fingerprint density at radius 3 is 2.92 bits per heavy atom. The summed E-state index contributed by atoms with van der Waals surface area (Å²) in [5.74, 6) is 0.794. The summed E-state index contributed by atoms with van der Waals surface area (Å²) in [6.45, 7) is 3.16. The molecule has 3 heterocycles. The van der Waals surface area contributed by atoms with Crippen molar-refractivity contribution >= 4 is 22.5 Å². The first-order valence-corrected chi connectivity index (χ1v) is 8.85. The number of benzene rings is 2. The van der Waals surface area contributed by atoms with Crippen molar-refractivity contribution in [3.63, 3.8) is 0 Å². The van der Waals surface area contributed by atoms with E-state index in [4.69, 9.17) is 16.3 Å². The summed E-state index contributed by atoms with van der Waals surface area (Å²) in [5.41, 5.74) is 8.18. The molecule has 0 saturated heterocycles. The maximum Gasteiger partial charge on any atom is 0.120 e. The molecule has 2 aliphatic rings. The van der Waals surface area contributed by atoms with Crippen molar-refractivity contribution in [2.75, 3.05) is 13.7 Å². The van der Waals surface area contributed by atoms with Gasteiger partial charge in [0.05, 0.1) is 17.6 Å². The summed E-state index contributed by atoms with van der Waals surface area (Å²) < 4.78 is 7.82. The SMILES string of the molecule is COc1ccc(-c2cc3c4c(c2)c2c(n4CC3)CCNC2)c(Cl)c1. The van der Waals surface area contributed by atoms with Gasteiger partial charge in [-0.2, -0.15) is 0 Å². The van der Waals surface area contributed by atoms with E-state index < -0.39 is 0 Å². The molecule has 0 radical (unpaired) electrons. The van der Waals surface area contributed by atoms with Gasteiger partial charge in [-0.25, -0.2) is 0 Å². The van der Waals surface area contributed by atoms with Crippen LogP contribution in [0.2, 0.25) is 5.02 Å². The van der Waals surface area contributed by atoms with Gasteiger partial charge in [0, 0.05) is 42.7 Å². The zero-order chi connectivity index (χ0) is 16.3. The predicted molar refractivity (Wildman–Crippen MR) is 98.1 cm³/mol. The predicted octanol–water partition coefficient (Wildman–Crippen LogP) is 4.17. The van der Waals surface area contributed by atoms with E-state index in [9.17, 15) is 0 Å².